The second-order valence-corrected chi connectivity index (χ2v) is 14.1. The largest absolute Gasteiger partial charge is 0.507 e. The van der Waals surface area contributed by atoms with E-state index < -0.39 is 0 Å². The van der Waals surface area contributed by atoms with Gasteiger partial charge in [0.25, 0.3) is 0 Å². The van der Waals surface area contributed by atoms with E-state index in [1.54, 1.807) is 12.1 Å². The summed E-state index contributed by atoms with van der Waals surface area (Å²) >= 11 is 12.4. The van der Waals surface area contributed by atoms with E-state index in [1.165, 1.54) is 43.2 Å². The summed E-state index contributed by atoms with van der Waals surface area (Å²) in [7, 11) is 0. The number of phenolic OH excluding ortho intramolecular Hbond substituents is 2. The Labute approximate surface area is 253 Å². The van der Waals surface area contributed by atoms with Crippen LogP contribution < -0.4 is 0 Å². The molecule has 0 aromatic heterocycles. The number of phenols is 2. The molecule has 0 saturated heterocycles. The summed E-state index contributed by atoms with van der Waals surface area (Å²) in [5.41, 5.74) is 12.4. The number of hydrogen-bond acceptors (Lipinski definition) is 2. The van der Waals surface area contributed by atoms with E-state index in [0.717, 1.165) is 45.6 Å². The maximum Gasteiger partial charge on any atom is 0.137 e. The van der Waals surface area contributed by atoms with Crippen LogP contribution in [0.2, 0.25) is 10.0 Å². The summed E-state index contributed by atoms with van der Waals surface area (Å²) < 4.78 is 0. The molecule has 6 aliphatic carbocycles. The smallest absolute Gasteiger partial charge is 0.137 e. The zero-order valence-electron chi connectivity index (χ0n) is 23.9. The maximum atomic E-state index is 11.6. The van der Waals surface area contributed by atoms with E-state index in [4.69, 9.17) is 23.2 Å². The second-order valence-electron chi connectivity index (χ2n) is 13.2. The summed E-state index contributed by atoms with van der Waals surface area (Å²) in [6.07, 6.45) is 11.3. The average Bonchev–Trinajstić information content (AvgIpc) is 2.93. The molecule has 0 amide bonds. The molecular formula is C37H36Cl2O2. The van der Waals surface area contributed by atoms with Gasteiger partial charge in [-0.3, -0.25) is 0 Å². The van der Waals surface area contributed by atoms with Gasteiger partial charge in [-0.15, -0.1) is 5.73 Å². The van der Waals surface area contributed by atoms with Crippen molar-refractivity contribution in [2.24, 2.45) is 23.2 Å². The van der Waals surface area contributed by atoms with E-state index in [-0.39, 0.29) is 16.2 Å². The van der Waals surface area contributed by atoms with E-state index in [0.29, 0.717) is 28.2 Å². The number of halogens is 2. The number of benzene rings is 3. The predicted molar refractivity (Wildman–Crippen MR) is 169 cm³/mol. The number of allylic oxidation sites excluding steroid dienone is 3. The van der Waals surface area contributed by atoms with Gasteiger partial charge < -0.3 is 10.2 Å². The minimum atomic E-state index is 0.0612. The topological polar surface area (TPSA) is 40.5 Å². The summed E-state index contributed by atoms with van der Waals surface area (Å²) in [6, 6.07) is 15.9. The van der Waals surface area contributed by atoms with Crippen molar-refractivity contribution >= 4 is 40.4 Å². The van der Waals surface area contributed by atoms with Crippen LogP contribution in [-0.4, -0.2) is 10.2 Å². The lowest BCUT2D eigenvalue weighted by atomic mass is 9.22. The Morgan fingerprint density at radius 2 is 1.80 bits per heavy atom. The lowest BCUT2D eigenvalue weighted by Crippen LogP contribution is -2.76. The lowest BCUT2D eigenvalue weighted by molar-refractivity contribution is -0.296. The monoisotopic (exact) mass is 582 g/mol. The summed E-state index contributed by atoms with van der Waals surface area (Å²) in [5.74, 6) is 3.01. The molecule has 41 heavy (non-hydrogen) atoms. The van der Waals surface area contributed by atoms with Crippen LogP contribution in [0.15, 0.2) is 60.3 Å². The standard InChI is InChI=1S/C37H36Cl2O2/c1-4-24(14-26-15-28(38)16-32(39)34(26)41)30-8-6-5-7-29(30)22(3)9-10-25-11-21(2)12-31(33(25)40)37-18-23-13-27-19-36(17-23,20-37)35(27)37/h4-8,10-12,15-16,23,27,35,40-41H,13-14,17-20H2,1-3H3/b24-4-. The molecule has 0 heterocycles. The zero-order valence-corrected chi connectivity index (χ0v) is 25.4. The fourth-order valence-corrected chi connectivity index (χ4v) is 10.3. The quantitative estimate of drug-likeness (QED) is 0.284. The molecule has 1 spiro atoms. The highest BCUT2D eigenvalue weighted by Gasteiger charge is 2.78. The molecular weight excluding hydrogens is 547 g/mol. The average molecular weight is 584 g/mol. The van der Waals surface area contributed by atoms with Crippen LogP contribution in [0, 0.1) is 30.1 Å². The Kier molecular flexibility index (Phi) is 6.29. The molecule has 5 atom stereocenters. The predicted octanol–water partition coefficient (Wildman–Crippen LogP) is 10.2. The van der Waals surface area contributed by atoms with Crippen LogP contribution in [0.4, 0.5) is 0 Å². The summed E-state index contributed by atoms with van der Waals surface area (Å²) in [5, 5.41) is 23.0. The van der Waals surface area contributed by atoms with Gasteiger partial charge in [0, 0.05) is 33.5 Å². The molecule has 0 radical (unpaired) electrons. The van der Waals surface area contributed by atoms with Crippen molar-refractivity contribution < 1.29 is 10.2 Å². The lowest BCUT2D eigenvalue weighted by Gasteiger charge is -2.82. The molecule has 3 aromatic carbocycles. The van der Waals surface area contributed by atoms with Crippen molar-refractivity contribution in [1.29, 1.82) is 0 Å². The molecule has 0 aliphatic heterocycles. The zero-order chi connectivity index (χ0) is 28.7. The first kappa shape index (κ1) is 27.0. The van der Waals surface area contributed by atoms with Crippen LogP contribution in [0.3, 0.4) is 0 Å². The van der Waals surface area contributed by atoms with Crippen LogP contribution in [0.25, 0.3) is 17.2 Å². The van der Waals surface area contributed by atoms with Gasteiger partial charge in [-0.05, 0) is 128 Å². The van der Waals surface area contributed by atoms with Gasteiger partial charge in [0.05, 0.1) is 5.02 Å². The molecule has 5 unspecified atom stereocenters. The number of aryl methyl sites for hydroxylation is 1. The molecule has 2 N–H and O–H groups in total. The first-order chi connectivity index (χ1) is 19.6. The van der Waals surface area contributed by atoms with Crippen LogP contribution >= 0.6 is 23.2 Å². The van der Waals surface area contributed by atoms with E-state index >= 15 is 0 Å². The molecule has 5 bridgehead atoms. The van der Waals surface area contributed by atoms with Gasteiger partial charge >= 0.3 is 0 Å². The van der Waals surface area contributed by atoms with Crippen molar-refractivity contribution in [3.63, 3.8) is 0 Å². The highest BCUT2D eigenvalue weighted by Crippen LogP contribution is 2.85. The highest BCUT2D eigenvalue weighted by atomic mass is 35.5. The molecule has 2 nitrogen and oxygen atoms in total. The fraction of sp³-hybridized carbons (Fsp3) is 0.378. The molecule has 210 valence electrons. The molecule has 6 aliphatic rings. The van der Waals surface area contributed by atoms with Gasteiger partial charge in [-0.2, -0.15) is 0 Å². The highest BCUT2D eigenvalue weighted by molar-refractivity contribution is 6.35. The van der Waals surface area contributed by atoms with Gasteiger partial charge in [0.2, 0.25) is 0 Å². The second kappa shape index (κ2) is 9.56. The Morgan fingerprint density at radius 3 is 2.54 bits per heavy atom. The van der Waals surface area contributed by atoms with Crippen LogP contribution in [-0.2, 0) is 11.8 Å². The van der Waals surface area contributed by atoms with Gasteiger partial charge in [-0.1, -0.05) is 59.6 Å². The van der Waals surface area contributed by atoms with Crippen molar-refractivity contribution in [3.05, 3.63) is 104 Å². The third-order valence-electron chi connectivity index (χ3n) is 10.8. The number of aromatic hydroxyl groups is 2. The van der Waals surface area contributed by atoms with Crippen molar-refractivity contribution in [1.82, 2.24) is 0 Å². The maximum absolute atomic E-state index is 11.6. The first-order valence-corrected chi connectivity index (χ1v) is 15.6. The Bertz CT molecular complexity index is 1690. The minimum absolute atomic E-state index is 0.0612. The number of hydrogen-bond donors (Lipinski definition) is 2. The van der Waals surface area contributed by atoms with Crippen molar-refractivity contribution in [3.8, 4) is 11.5 Å². The van der Waals surface area contributed by atoms with E-state index in [1.807, 2.05) is 25.1 Å². The summed E-state index contributed by atoms with van der Waals surface area (Å²) in [6.45, 7) is 6.21. The van der Waals surface area contributed by atoms with Crippen molar-refractivity contribution in [2.75, 3.05) is 0 Å². The molecule has 4 heteroatoms. The normalized spacial score (nSPS) is 28.9. The van der Waals surface area contributed by atoms with Gasteiger partial charge in [0.15, 0.2) is 0 Å². The van der Waals surface area contributed by atoms with Crippen LogP contribution in [0.1, 0.15) is 79.3 Å². The fourth-order valence-electron chi connectivity index (χ4n) is 9.73. The summed E-state index contributed by atoms with van der Waals surface area (Å²) in [4.78, 5) is 0. The first-order valence-electron chi connectivity index (χ1n) is 14.8. The van der Waals surface area contributed by atoms with E-state index in [2.05, 4.69) is 49.9 Å². The Balaban J connectivity index is 1.23. The third-order valence-corrected chi connectivity index (χ3v) is 11.3. The molecule has 9 rings (SSSR count). The SMILES string of the molecule is C/C=C(/Cc1cc(Cl)cc(Cl)c1O)c1ccccc1C(C)=C=Cc1cc(C)cc(C23CC4CC5CC(C4)(C2)C53)c1O. The third kappa shape index (κ3) is 4.06. The van der Waals surface area contributed by atoms with Crippen LogP contribution in [0.5, 0.6) is 11.5 Å². The van der Waals surface area contributed by atoms with E-state index in [9.17, 15) is 10.2 Å². The number of rotatable bonds is 6. The van der Waals surface area contributed by atoms with Gasteiger partial charge in [0.1, 0.15) is 11.5 Å². The molecule has 6 saturated carbocycles. The minimum Gasteiger partial charge on any atom is -0.507 e. The van der Waals surface area contributed by atoms with Gasteiger partial charge in [-0.25, -0.2) is 0 Å². The molecule has 6 fully saturated rings. The Morgan fingerprint density at radius 1 is 1.02 bits per heavy atom. The van der Waals surface area contributed by atoms with Crippen molar-refractivity contribution in [2.45, 2.75) is 64.7 Å². The Hall–Kier alpha value is -2.90. The molecule has 3 aromatic rings.